The Balaban J connectivity index is 1.38. The van der Waals surface area contributed by atoms with E-state index < -0.39 is 5.60 Å². The maximum Gasteiger partial charge on any atom is 0.258 e. The number of aliphatic hydroxyl groups is 2. The molecule has 0 spiro atoms. The molecular weight excluding hydrogens is 426 g/mol. The summed E-state index contributed by atoms with van der Waals surface area (Å²) in [4.78, 5) is 27.7. The first-order valence-electron chi connectivity index (χ1n) is 10.7. The van der Waals surface area contributed by atoms with E-state index in [-0.39, 0.29) is 18.1 Å². The van der Waals surface area contributed by atoms with Crippen LogP contribution in [0.4, 0.5) is 5.95 Å². The fourth-order valence-electron chi connectivity index (χ4n) is 4.40. The third kappa shape index (κ3) is 3.87. The molecule has 3 heterocycles. The van der Waals surface area contributed by atoms with E-state index in [1.807, 2.05) is 29.6 Å². The first kappa shape index (κ1) is 21.0. The Labute approximate surface area is 190 Å². The average molecular weight is 452 g/mol. The normalized spacial score (nSPS) is 25.5. The number of nitrogens with one attached hydrogen (secondary N) is 1. The van der Waals surface area contributed by atoms with Gasteiger partial charge in [0.25, 0.3) is 5.91 Å². The molecule has 2 aromatic heterocycles. The molecule has 166 valence electrons. The molecule has 3 unspecified atom stereocenters. The topological polar surface area (TPSA) is 111 Å². The van der Waals surface area contributed by atoms with Crippen molar-refractivity contribution in [2.75, 3.05) is 18.9 Å². The molecule has 9 heteroatoms. The standard InChI is InChI=1S/C23H25N5O3S/c1-28-10-8-23(31,21(28)30)15-4-2-3-14(11-15)20-26-19(13-32-20)18-7-9-24-22(27-18)25-16-5-6-17(29)12-16/h2-4,7,9,11,13,16-17,29,31H,5-6,8,10,12H2,1H3,(H,24,25,27). The SMILES string of the molecule is CN1CCC(O)(c2cccc(-c3nc(-c4ccnc(NC5CCC(O)C5)n4)cs3)c2)C1=O. The molecule has 3 atom stereocenters. The van der Waals surface area contributed by atoms with Crippen molar-refractivity contribution < 1.29 is 15.0 Å². The molecule has 1 aliphatic carbocycles. The van der Waals surface area contributed by atoms with Crippen LogP contribution in [0, 0.1) is 0 Å². The van der Waals surface area contributed by atoms with Gasteiger partial charge in [-0.2, -0.15) is 0 Å². The molecule has 3 N–H and O–H groups in total. The van der Waals surface area contributed by atoms with E-state index in [9.17, 15) is 15.0 Å². The summed E-state index contributed by atoms with van der Waals surface area (Å²) in [7, 11) is 1.71. The van der Waals surface area contributed by atoms with Gasteiger partial charge in [0, 0.05) is 43.2 Å². The lowest BCUT2D eigenvalue weighted by Gasteiger charge is -2.21. The largest absolute Gasteiger partial charge is 0.393 e. The summed E-state index contributed by atoms with van der Waals surface area (Å²) < 4.78 is 0. The monoisotopic (exact) mass is 451 g/mol. The van der Waals surface area contributed by atoms with Gasteiger partial charge in [0.1, 0.15) is 10.7 Å². The minimum atomic E-state index is -1.48. The van der Waals surface area contributed by atoms with Crippen LogP contribution in [0.1, 0.15) is 31.2 Å². The van der Waals surface area contributed by atoms with Gasteiger partial charge in [-0.25, -0.2) is 15.0 Å². The Bertz CT molecular complexity index is 1150. The second-order valence-electron chi connectivity index (χ2n) is 8.53. The molecule has 0 radical (unpaired) electrons. The minimum Gasteiger partial charge on any atom is -0.393 e. The van der Waals surface area contributed by atoms with E-state index in [0.717, 1.165) is 29.1 Å². The fraction of sp³-hybridized carbons (Fsp3) is 0.391. The van der Waals surface area contributed by atoms with E-state index in [2.05, 4.69) is 15.3 Å². The fourth-order valence-corrected chi connectivity index (χ4v) is 5.21. The van der Waals surface area contributed by atoms with Gasteiger partial charge in [0.15, 0.2) is 5.60 Å². The van der Waals surface area contributed by atoms with Crippen LogP contribution in [0.25, 0.3) is 22.0 Å². The highest BCUT2D eigenvalue weighted by molar-refractivity contribution is 7.13. The predicted molar refractivity (Wildman–Crippen MR) is 122 cm³/mol. The predicted octanol–water partition coefficient (Wildman–Crippen LogP) is 2.64. The highest BCUT2D eigenvalue weighted by atomic mass is 32.1. The molecule has 32 heavy (non-hydrogen) atoms. The van der Waals surface area contributed by atoms with Crippen molar-refractivity contribution in [2.45, 2.75) is 43.4 Å². The summed E-state index contributed by atoms with van der Waals surface area (Å²) in [6, 6.07) is 9.40. The Morgan fingerprint density at radius 2 is 2.09 bits per heavy atom. The highest BCUT2D eigenvalue weighted by Gasteiger charge is 2.45. The molecule has 2 fully saturated rings. The van der Waals surface area contributed by atoms with E-state index >= 15 is 0 Å². The smallest absolute Gasteiger partial charge is 0.258 e. The van der Waals surface area contributed by atoms with Gasteiger partial charge in [0.2, 0.25) is 5.95 Å². The van der Waals surface area contributed by atoms with Crippen LogP contribution >= 0.6 is 11.3 Å². The number of likely N-dealkylation sites (N-methyl/N-ethyl adjacent to an activating group) is 1. The zero-order chi connectivity index (χ0) is 22.3. The van der Waals surface area contributed by atoms with E-state index in [1.165, 1.54) is 11.3 Å². The van der Waals surface area contributed by atoms with Gasteiger partial charge in [-0.3, -0.25) is 4.79 Å². The maximum absolute atomic E-state index is 12.5. The Morgan fingerprint density at radius 1 is 1.22 bits per heavy atom. The Kier molecular flexibility index (Phi) is 5.40. The zero-order valence-corrected chi connectivity index (χ0v) is 18.5. The van der Waals surface area contributed by atoms with Crippen molar-refractivity contribution in [3.05, 3.63) is 47.5 Å². The van der Waals surface area contributed by atoms with E-state index in [0.29, 0.717) is 36.6 Å². The van der Waals surface area contributed by atoms with Gasteiger partial charge >= 0.3 is 0 Å². The van der Waals surface area contributed by atoms with Crippen LogP contribution < -0.4 is 5.32 Å². The van der Waals surface area contributed by atoms with Gasteiger partial charge in [-0.1, -0.05) is 18.2 Å². The highest BCUT2D eigenvalue weighted by Crippen LogP contribution is 2.36. The molecule has 2 aliphatic rings. The lowest BCUT2D eigenvalue weighted by molar-refractivity contribution is -0.143. The summed E-state index contributed by atoms with van der Waals surface area (Å²) in [5.41, 5.74) is 1.41. The molecule has 8 nitrogen and oxygen atoms in total. The van der Waals surface area contributed by atoms with Crippen LogP contribution in [0.5, 0.6) is 0 Å². The number of likely N-dealkylation sites (tertiary alicyclic amines) is 1. The van der Waals surface area contributed by atoms with Crippen molar-refractivity contribution in [1.82, 2.24) is 19.9 Å². The van der Waals surface area contributed by atoms with Crippen molar-refractivity contribution in [3.63, 3.8) is 0 Å². The third-order valence-corrected chi connectivity index (χ3v) is 7.15. The lowest BCUT2D eigenvalue weighted by atomic mass is 9.91. The van der Waals surface area contributed by atoms with Crippen LogP contribution in [-0.2, 0) is 10.4 Å². The number of anilines is 1. The number of aliphatic hydroxyl groups excluding tert-OH is 1. The number of rotatable bonds is 5. The molecule has 1 aromatic carbocycles. The number of amides is 1. The second kappa shape index (κ2) is 8.23. The zero-order valence-electron chi connectivity index (χ0n) is 17.7. The molecule has 1 saturated carbocycles. The van der Waals surface area contributed by atoms with Gasteiger partial charge in [-0.05, 0) is 37.0 Å². The van der Waals surface area contributed by atoms with Crippen LogP contribution in [0.15, 0.2) is 41.9 Å². The number of carbonyl (C=O) groups excluding carboxylic acids is 1. The minimum absolute atomic E-state index is 0.178. The second-order valence-corrected chi connectivity index (χ2v) is 9.39. The molecule has 3 aromatic rings. The molecule has 0 bridgehead atoms. The van der Waals surface area contributed by atoms with Gasteiger partial charge in [0.05, 0.1) is 11.8 Å². The van der Waals surface area contributed by atoms with Crippen molar-refractivity contribution in [1.29, 1.82) is 0 Å². The summed E-state index contributed by atoms with van der Waals surface area (Å²) in [6.45, 7) is 0.533. The summed E-state index contributed by atoms with van der Waals surface area (Å²) in [6.07, 6.45) is 4.22. The van der Waals surface area contributed by atoms with Crippen LogP contribution in [0.3, 0.4) is 0 Å². The Morgan fingerprint density at radius 3 is 2.84 bits per heavy atom. The number of benzene rings is 1. The molecule has 5 rings (SSSR count). The van der Waals surface area contributed by atoms with Crippen molar-refractivity contribution in [3.8, 4) is 22.0 Å². The molecular formula is C23H25N5O3S. The molecule has 1 amide bonds. The first-order valence-corrected chi connectivity index (χ1v) is 11.6. The van der Waals surface area contributed by atoms with Gasteiger partial charge in [-0.15, -0.1) is 11.3 Å². The number of thiazole rings is 1. The third-order valence-electron chi connectivity index (χ3n) is 6.26. The quantitative estimate of drug-likeness (QED) is 0.547. The van der Waals surface area contributed by atoms with E-state index in [1.54, 1.807) is 24.2 Å². The molecule has 1 aliphatic heterocycles. The van der Waals surface area contributed by atoms with Crippen LogP contribution in [0.2, 0.25) is 0 Å². The summed E-state index contributed by atoms with van der Waals surface area (Å²) in [5, 5.41) is 26.7. The average Bonchev–Trinajstić information content (AvgIpc) is 3.52. The maximum atomic E-state index is 12.5. The molecule has 1 saturated heterocycles. The lowest BCUT2D eigenvalue weighted by Crippen LogP contribution is -2.36. The number of carbonyl (C=O) groups is 1. The number of aromatic nitrogens is 3. The Hall–Kier alpha value is -2.88. The van der Waals surface area contributed by atoms with Crippen molar-refractivity contribution >= 4 is 23.2 Å². The first-order chi connectivity index (χ1) is 15.4. The van der Waals surface area contributed by atoms with E-state index in [4.69, 9.17) is 4.98 Å². The number of nitrogens with zero attached hydrogens (tertiary/aromatic N) is 4. The van der Waals surface area contributed by atoms with Gasteiger partial charge < -0.3 is 20.4 Å². The van der Waals surface area contributed by atoms with Crippen molar-refractivity contribution in [2.24, 2.45) is 0 Å². The summed E-state index contributed by atoms with van der Waals surface area (Å²) >= 11 is 1.49. The number of hydrogen-bond acceptors (Lipinski definition) is 8. The number of hydrogen-bond donors (Lipinski definition) is 3. The van der Waals surface area contributed by atoms with Crippen LogP contribution in [-0.4, -0.2) is 61.7 Å². The summed E-state index contributed by atoms with van der Waals surface area (Å²) in [5.74, 6) is 0.259.